The standard InChI is InChI=1S/C24H26F3N3O4S/c1-2-35(33,34)29-16-21-4-3-13-30(21)23(32)19-9-5-17(6-10-19)14-22(31)28-15-18-7-11-20(12-8-18)24(25,26)27/h2,5-12,21,29H,1,3-4,13-16H2,(H,28,31)/t21-/m0/s1. The lowest BCUT2D eigenvalue weighted by molar-refractivity contribution is -0.137. The predicted molar refractivity (Wildman–Crippen MR) is 125 cm³/mol. The second-order valence-electron chi connectivity index (χ2n) is 8.20. The summed E-state index contributed by atoms with van der Waals surface area (Å²) in [6.45, 7) is 3.98. The maximum atomic E-state index is 12.9. The van der Waals surface area contributed by atoms with Crippen LogP contribution in [0.15, 0.2) is 60.5 Å². The van der Waals surface area contributed by atoms with Crippen molar-refractivity contribution < 1.29 is 31.2 Å². The van der Waals surface area contributed by atoms with Crippen molar-refractivity contribution in [3.05, 3.63) is 82.8 Å². The summed E-state index contributed by atoms with van der Waals surface area (Å²) in [6.07, 6.45) is -2.91. The molecule has 1 aliphatic heterocycles. The first-order chi connectivity index (χ1) is 16.5. The Hall–Kier alpha value is -3.18. The quantitative estimate of drug-likeness (QED) is 0.543. The summed E-state index contributed by atoms with van der Waals surface area (Å²) >= 11 is 0. The minimum absolute atomic E-state index is 0.0464. The molecule has 1 fully saturated rings. The van der Waals surface area contributed by atoms with E-state index in [2.05, 4.69) is 16.6 Å². The van der Waals surface area contributed by atoms with Crippen LogP contribution < -0.4 is 10.0 Å². The van der Waals surface area contributed by atoms with Gasteiger partial charge in [-0.15, -0.1) is 0 Å². The number of carbonyl (C=O) groups excluding carboxylic acids is 2. The predicted octanol–water partition coefficient (Wildman–Crippen LogP) is 3.23. The molecule has 0 aliphatic carbocycles. The number of rotatable bonds is 9. The summed E-state index contributed by atoms with van der Waals surface area (Å²) in [5.41, 5.74) is 0.893. The molecule has 11 heteroatoms. The smallest absolute Gasteiger partial charge is 0.352 e. The van der Waals surface area contributed by atoms with Gasteiger partial charge >= 0.3 is 6.18 Å². The molecule has 0 saturated carbocycles. The Labute approximate surface area is 202 Å². The summed E-state index contributed by atoms with van der Waals surface area (Å²) in [7, 11) is -3.58. The molecule has 0 unspecified atom stereocenters. The third kappa shape index (κ3) is 7.40. The van der Waals surface area contributed by atoms with E-state index in [4.69, 9.17) is 0 Å². The molecule has 2 amide bonds. The van der Waals surface area contributed by atoms with Crippen molar-refractivity contribution >= 4 is 21.8 Å². The lowest BCUT2D eigenvalue weighted by Gasteiger charge is -2.25. The van der Waals surface area contributed by atoms with Crippen LogP contribution in [0.2, 0.25) is 0 Å². The van der Waals surface area contributed by atoms with Gasteiger partial charge in [-0.1, -0.05) is 30.8 Å². The van der Waals surface area contributed by atoms with Crippen LogP contribution in [0.25, 0.3) is 0 Å². The number of hydrogen-bond acceptors (Lipinski definition) is 4. The summed E-state index contributed by atoms with van der Waals surface area (Å²) in [4.78, 5) is 26.8. The van der Waals surface area contributed by atoms with Crippen LogP contribution in [-0.4, -0.2) is 44.3 Å². The molecule has 188 valence electrons. The van der Waals surface area contributed by atoms with Gasteiger partial charge in [-0.05, 0) is 48.2 Å². The maximum absolute atomic E-state index is 12.9. The van der Waals surface area contributed by atoms with Crippen molar-refractivity contribution in [1.82, 2.24) is 14.9 Å². The number of carbonyl (C=O) groups is 2. The molecule has 1 heterocycles. The minimum Gasteiger partial charge on any atom is -0.352 e. The molecule has 35 heavy (non-hydrogen) atoms. The van der Waals surface area contributed by atoms with Crippen molar-refractivity contribution in [2.45, 2.75) is 38.0 Å². The van der Waals surface area contributed by atoms with Crippen LogP contribution in [0, 0.1) is 0 Å². The molecule has 0 spiro atoms. The largest absolute Gasteiger partial charge is 0.416 e. The molecule has 3 rings (SSSR count). The van der Waals surface area contributed by atoms with Gasteiger partial charge in [-0.25, -0.2) is 13.1 Å². The van der Waals surface area contributed by atoms with Crippen LogP contribution in [0.3, 0.4) is 0 Å². The van der Waals surface area contributed by atoms with E-state index in [1.807, 2.05) is 0 Å². The molecule has 7 nitrogen and oxygen atoms in total. The fourth-order valence-corrected chi connectivity index (χ4v) is 4.32. The number of halogens is 3. The lowest BCUT2D eigenvalue weighted by Crippen LogP contribution is -2.42. The zero-order valence-electron chi connectivity index (χ0n) is 18.8. The van der Waals surface area contributed by atoms with E-state index in [-0.39, 0.29) is 37.4 Å². The molecule has 1 aliphatic rings. The molecule has 2 aromatic rings. The Kier molecular flexibility index (Phi) is 8.34. The first-order valence-corrected chi connectivity index (χ1v) is 12.5. The Morgan fingerprint density at radius 3 is 2.29 bits per heavy atom. The molecule has 1 atom stereocenters. The maximum Gasteiger partial charge on any atom is 0.416 e. The number of sulfonamides is 1. The second-order valence-corrected chi connectivity index (χ2v) is 9.91. The molecule has 0 aromatic heterocycles. The number of alkyl halides is 3. The van der Waals surface area contributed by atoms with Crippen molar-refractivity contribution in [2.75, 3.05) is 13.1 Å². The SMILES string of the molecule is C=CS(=O)(=O)NC[C@@H]1CCCN1C(=O)c1ccc(CC(=O)NCc2ccc(C(F)(F)F)cc2)cc1. The van der Waals surface area contributed by atoms with Crippen LogP contribution in [-0.2, 0) is 34.0 Å². The van der Waals surface area contributed by atoms with Crippen LogP contribution in [0.1, 0.15) is 39.9 Å². The van der Waals surface area contributed by atoms with Gasteiger partial charge in [0, 0.05) is 36.6 Å². The molecule has 2 N–H and O–H groups in total. The van der Waals surface area contributed by atoms with E-state index in [1.54, 1.807) is 29.2 Å². The summed E-state index contributed by atoms with van der Waals surface area (Å²) in [6, 6.07) is 10.9. The van der Waals surface area contributed by atoms with Crippen LogP contribution >= 0.6 is 0 Å². The van der Waals surface area contributed by atoms with Gasteiger partial charge in [-0.3, -0.25) is 9.59 Å². The molecule has 0 radical (unpaired) electrons. The number of hydrogen-bond donors (Lipinski definition) is 2. The highest BCUT2D eigenvalue weighted by molar-refractivity contribution is 7.92. The van der Waals surface area contributed by atoms with Gasteiger partial charge < -0.3 is 10.2 Å². The number of likely N-dealkylation sites (tertiary alicyclic amines) is 1. The van der Waals surface area contributed by atoms with Gasteiger partial charge in [-0.2, -0.15) is 13.2 Å². The highest BCUT2D eigenvalue weighted by Crippen LogP contribution is 2.29. The average molecular weight is 510 g/mol. The zero-order valence-corrected chi connectivity index (χ0v) is 19.7. The van der Waals surface area contributed by atoms with E-state index in [0.717, 1.165) is 24.0 Å². The summed E-state index contributed by atoms with van der Waals surface area (Å²) < 4.78 is 63.5. The number of nitrogens with one attached hydrogen (secondary N) is 2. The van der Waals surface area contributed by atoms with Gasteiger partial charge in [0.05, 0.1) is 12.0 Å². The van der Waals surface area contributed by atoms with Gasteiger partial charge in [0.25, 0.3) is 5.91 Å². The van der Waals surface area contributed by atoms with Gasteiger partial charge in [0.15, 0.2) is 0 Å². The fourth-order valence-electron chi connectivity index (χ4n) is 3.78. The highest BCUT2D eigenvalue weighted by Gasteiger charge is 2.31. The number of amides is 2. The Bertz CT molecular complexity index is 1160. The van der Waals surface area contributed by atoms with E-state index in [1.165, 1.54) is 12.1 Å². The van der Waals surface area contributed by atoms with Gasteiger partial charge in [0.2, 0.25) is 15.9 Å². The van der Waals surface area contributed by atoms with Crippen molar-refractivity contribution in [1.29, 1.82) is 0 Å². The first-order valence-electron chi connectivity index (χ1n) is 10.9. The normalized spacial score (nSPS) is 16.2. The molecule has 0 bridgehead atoms. The van der Waals surface area contributed by atoms with E-state index >= 15 is 0 Å². The number of benzene rings is 2. The fraction of sp³-hybridized carbons (Fsp3) is 0.333. The van der Waals surface area contributed by atoms with Crippen molar-refractivity contribution in [2.24, 2.45) is 0 Å². The van der Waals surface area contributed by atoms with Crippen molar-refractivity contribution in [3.63, 3.8) is 0 Å². The summed E-state index contributed by atoms with van der Waals surface area (Å²) in [5, 5.41) is 3.49. The van der Waals surface area contributed by atoms with Crippen molar-refractivity contribution in [3.8, 4) is 0 Å². The van der Waals surface area contributed by atoms with E-state index < -0.39 is 21.8 Å². The third-order valence-corrected chi connectivity index (χ3v) is 6.72. The van der Waals surface area contributed by atoms with Gasteiger partial charge in [0.1, 0.15) is 0 Å². The minimum atomic E-state index is -4.41. The van der Waals surface area contributed by atoms with Crippen LogP contribution in [0.4, 0.5) is 13.2 Å². The molecular formula is C24H26F3N3O4S. The van der Waals surface area contributed by atoms with E-state index in [0.29, 0.717) is 29.7 Å². The second kappa shape index (κ2) is 11.0. The topological polar surface area (TPSA) is 95.6 Å². The monoisotopic (exact) mass is 509 g/mol. The molecule has 2 aromatic carbocycles. The zero-order chi connectivity index (χ0) is 25.6. The average Bonchev–Trinajstić information content (AvgIpc) is 3.30. The van der Waals surface area contributed by atoms with Crippen LogP contribution in [0.5, 0.6) is 0 Å². The Morgan fingerprint density at radius 1 is 1.06 bits per heavy atom. The number of nitrogens with zero attached hydrogens (tertiary/aromatic N) is 1. The Balaban J connectivity index is 1.52. The third-order valence-electron chi connectivity index (χ3n) is 5.71. The molecule has 1 saturated heterocycles. The first kappa shape index (κ1) is 26.4. The highest BCUT2D eigenvalue weighted by atomic mass is 32.2. The Morgan fingerprint density at radius 2 is 1.69 bits per heavy atom. The molecular weight excluding hydrogens is 483 g/mol. The summed E-state index contributed by atoms with van der Waals surface area (Å²) in [5.74, 6) is -0.526. The van der Waals surface area contributed by atoms with E-state index in [9.17, 15) is 31.2 Å². The lowest BCUT2D eigenvalue weighted by atomic mass is 10.1.